The number of carbonyl (C=O) groups is 1. The molecule has 0 bridgehead atoms. The second-order valence-electron chi connectivity index (χ2n) is 5.18. The third-order valence-electron chi connectivity index (χ3n) is 3.54. The number of hydrogen-bond acceptors (Lipinski definition) is 4. The molecule has 4 nitrogen and oxygen atoms in total. The van der Waals surface area contributed by atoms with Gasteiger partial charge in [-0.3, -0.25) is 4.79 Å². The van der Waals surface area contributed by atoms with Crippen molar-refractivity contribution in [3.8, 4) is 11.5 Å². The minimum absolute atomic E-state index is 0.134. The predicted octanol–water partition coefficient (Wildman–Crippen LogP) is 3.07. The van der Waals surface area contributed by atoms with Crippen LogP contribution >= 0.6 is 11.6 Å². The molecule has 0 fully saturated rings. The fourth-order valence-corrected chi connectivity index (χ4v) is 2.39. The molecule has 0 aliphatic heterocycles. The Morgan fingerprint density at radius 1 is 1.04 bits per heavy atom. The lowest BCUT2D eigenvalue weighted by molar-refractivity contribution is -0.126. The minimum atomic E-state index is -1.05. The normalized spacial score (nSPS) is 11.8. The monoisotopic (exact) mass is 334 g/mol. The summed E-state index contributed by atoms with van der Waals surface area (Å²) >= 11 is 5.82. The van der Waals surface area contributed by atoms with Gasteiger partial charge in [0.2, 0.25) is 0 Å². The molecule has 23 heavy (non-hydrogen) atoms. The van der Waals surface area contributed by atoms with Crippen molar-refractivity contribution in [3.63, 3.8) is 0 Å². The molecule has 2 aromatic rings. The molecule has 0 saturated carbocycles. The first-order chi connectivity index (χ1) is 11.0. The molecule has 0 aromatic heterocycles. The van der Waals surface area contributed by atoms with E-state index < -0.39 is 6.10 Å². The zero-order chi connectivity index (χ0) is 16.8. The van der Waals surface area contributed by atoms with E-state index in [-0.39, 0.29) is 18.6 Å². The van der Waals surface area contributed by atoms with Crippen LogP contribution < -0.4 is 9.47 Å². The maximum Gasteiger partial charge on any atom is 0.165 e. The van der Waals surface area contributed by atoms with Crippen molar-refractivity contribution < 1.29 is 19.4 Å². The smallest absolute Gasteiger partial charge is 0.165 e. The highest BCUT2D eigenvalue weighted by atomic mass is 35.5. The van der Waals surface area contributed by atoms with Gasteiger partial charge in [-0.15, -0.1) is 0 Å². The summed E-state index contributed by atoms with van der Waals surface area (Å²) < 4.78 is 10.4. The third-order valence-corrected chi connectivity index (χ3v) is 3.79. The first-order valence-corrected chi connectivity index (χ1v) is 7.57. The number of ketones is 1. The van der Waals surface area contributed by atoms with E-state index in [0.29, 0.717) is 16.5 Å². The van der Waals surface area contributed by atoms with E-state index in [0.717, 1.165) is 11.1 Å². The van der Waals surface area contributed by atoms with Crippen LogP contribution in [0.25, 0.3) is 0 Å². The summed E-state index contributed by atoms with van der Waals surface area (Å²) in [5, 5.41) is 10.7. The van der Waals surface area contributed by atoms with Gasteiger partial charge in [0, 0.05) is 17.9 Å². The van der Waals surface area contributed by atoms with Crippen LogP contribution in [0.2, 0.25) is 5.02 Å². The number of aliphatic hydroxyl groups excluding tert-OH is 1. The summed E-state index contributed by atoms with van der Waals surface area (Å²) in [5.41, 5.74) is 1.63. The SMILES string of the molecule is COc1ccc(CC(=O)C(O)Cc2ccc(Cl)cc2)cc1OC. The summed E-state index contributed by atoms with van der Waals surface area (Å²) in [4.78, 5) is 12.2. The van der Waals surface area contributed by atoms with Crippen LogP contribution in [0, 0.1) is 0 Å². The Hall–Kier alpha value is -2.04. The topological polar surface area (TPSA) is 55.8 Å². The van der Waals surface area contributed by atoms with Crippen molar-refractivity contribution in [2.75, 3.05) is 14.2 Å². The molecular weight excluding hydrogens is 316 g/mol. The Morgan fingerprint density at radius 3 is 2.26 bits per heavy atom. The molecule has 0 spiro atoms. The lowest BCUT2D eigenvalue weighted by atomic mass is 10.00. The second kappa shape index (κ2) is 7.99. The van der Waals surface area contributed by atoms with Gasteiger partial charge in [0.05, 0.1) is 14.2 Å². The summed E-state index contributed by atoms with van der Waals surface area (Å²) in [6.07, 6.45) is -0.650. The molecular formula is C18H19ClO4. The van der Waals surface area contributed by atoms with Crippen LogP contribution in [0.15, 0.2) is 42.5 Å². The summed E-state index contributed by atoms with van der Waals surface area (Å²) in [6.45, 7) is 0. The highest BCUT2D eigenvalue weighted by molar-refractivity contribution is 6.30. The number of carbonyl (C=O) groups excluding carboxylic acids is 1. The largest absolute Gasteiger partial charge is 0.493 e. The third kappa shape index (κ3) is 4.71. The molecule has 122 valence electrons. The van der Waals surface area contributed by atoms with Crippen molar-refractivity contribution >= 4 is 17.4 Å². The van der Waals surface area contributed by atoms with Crippen LogP contribution in [0.5, 0.6) is 11.5 Å². The molecule has 2 rings (SSSR count). The number of benzene rings is 2. The van der Waals surface area contributed by atoms with E-state index in [1.807, 2.05) is 0 Å². The van der Waals surface area contributed by atoms with E-state index >= 15 is 0 Å². The molecule has 5 heteroatoms. The number of rotatable bonds is 7. The van der Waals surface area contributed by atoms with E-state index in [9.17, 15) is 9.90 Å². The summed E-state index contributed by atoms with van der Waals surface area (Å²) in [7, 11) is 3.09. The quantitative estimate of drug-likeness (QED) is 0.845. The lowest BCUT2D eigenvalue weighted by Gasteiger charge is -2.12. The summed E-state index contributed by atoms with van der Waals surface area (Å²) in [5.74, 6) is 0.919. The van der Waals surface area contributed by atoms with Gasteiger partial charge in [-0.05, 0) is 35.4 Å². The molecule has 0 heterocycles. The van der Waals surface area contributed by atoms with E-state index in [4.69, 9.17) is 21.1 Å². The van der Waals surface area contributed by atoms with Crippen LogP contribution in [0.3, 0.4) is 0 Å². The average molecular weight is 335 g/mol. The van der Waals surface area contributed by atoms with Gasteiger partial charge in [0.1, 0.15) is 6.10 Å². The van der Waals surface area contributed by atoms with Crippen molar-refractivity contribution in [1.82, 2.24) is 0 Å². The van der Waals surface area contributed by atoms with E-state index in [1.165, 1.54) is 0 Å². The molecule has 0 aliphatic carbocycles. The van der Waals surface area contributed by atoms with E-state index in [1.54, 1.807) is 56.7 Å². The maximum atomic E-state index is 12.2. The second-order valence-corrected chi connectivity index (χ2v) is 5.62. The Balaban J connectivity index is 2.01. The van der Waals surface area contributed by atoms with Crippen molar-refractivity contribution in [1.29, 1.82) is 0 Å². The van der Waals surface area contributed by atoms with Gasteiger partial charge in [0.25, 0.3) is 0 Å². The molecule has 1 unspecified atom stereocenters. The molecule has 0 saturated heterocycles. The zero-order valence-corrected chi connectivity index (χ0v) is 13.8. The summed E-state index contributed by atoms with van der Waals surface area (Å²) in [6, 6.07) is 12.3. The van der Waals surface area contributed by atoms with Crippen LogP contribution in [-0.4, -0.2) is 31.2 Å². The van der Waals surface area contributed by atoms with Gasteiger partial charge in [-0.25, -0.2) is 0 Å². The predicted molar refractivity (Wildman–Crippen MR) is 89.4 cm³/mol. The molecule has 1 atom stereocenters. The first-order valence-electron chi connectivity index (χ1n) is 7.19. The number of hydrogen-bond donors (Lipinski definition) is 1. The molecule has 1 N–H and O–H groups in total. The minimum Gasteiger partial charge on any atom is -0.493 e. The Kier molecular flexibility index (Phi) is 6.02. The number of ether oxygens (including phenoxy) is 2. The maximum absolute atomic E-state index is 12.2. The molecule has 0 radical (unpaired) electrons. The van der Waals surface area contributed by atoms with Crippen molar-refractivity contribution in [3.05, 3.63) is 58.6 Å². The fraction of sp³-hybridized carbons (Fsp3) is 0.278. The van der Waals surface area contributed by atoms with Crippen molar-refractivity contribution in [2.45, 2.75) is 18.9 Å². The van der Waals surface area contributed by atoms with Crippen LogP contribution in [0.1, 0.15) is 11.1 Å². The molecule has 2 aromatic carbocycles. The van der Waals surface area contributed by atoms with Gasteiger partial charge in [-0.2, -0.15) is 0 Å². The van der Waals surface area contributed by atoms with Crippen molar-refractivity contribution in [2.24, 2.45) is 0 Å². The Labute approximate surface area is 140 Å². The number of methoxy groups -OCH3 is 2. The van der Waals surface area contributed by atoms with Gasteiger partial charge < -0.3 is 14.6 Å². The number of halogens is 1. The van der Waals surface area contributed by atoms with Crippen LogP contribution in [0.4, 0.5) is 0 Å². The molecule has 0 aliphatic rings. The fourth-order valence-electron chi connectivity index (χ4n) is 2.27. The molecule has 0 amide bonds. The highest BCUT2D eigenvalue weighted by Gasteiger charge is 2.17. The van der Waals surface area contributed by atoms with Crippen LogP contribution in [-0.2, 0) is 17.6 Å². The van der Waals surface area contributed by atoms with Gasteiger partial charge in [-0.1, -0.05) is 29.8 Å². The Morgan fingerprint density at radius 2 is 1.65 bits per heavy atom. The van der Waals surface area contributed by atoms with E-state index in [2.05, 4.69) is 0 Å². The lowest BCUT2D eigenvalue weighted by Crippen LogP contribution is -2.24. The van der Waals surface area contributed by atoms with Gasteiger partial charge in [0.15, 0.2) is 17.3 Å². The number of Topliss-reactive ketones (excluding diaryl/α,β-unsaturated/α-hetero) is 1. The highest BCUT2D eigenvalue weighted by Crippen LogP contribution is 2.27. The first kappa shape index (κ1) is 17.3. The zero-order valence-electron chi connectivity index (χ0n) is 13.1. The average Bonchev–Trinajstić information content (AvgIpc) is 2.56. The van der Waals surface area contributed by atoms with Gasteiger partial charge >= 0.3 is 0 Å². The Bertz CT molecular complexity index is 667. The number of aliphatic hydroxyl groups is 1. The standard InChI is InChI=1S/C18H19ClO4/c1-22-17-8-5-13(11-18(17)23-2)10-16(21)15(20)9-12-3-6-14(19)7-4-12/h3-8,11,15,20H,9-10H2,1-2H3.